The van der Waals surface area contributed by atoms with E-state index >= 15 is 0 Å². The quantitative estimate of drug-likeness (QED) is 0.848. The highest BCUT2D eigenvalue weighted by Gasteiger charge is 2.41. The van der Waals surface area contributed by atoms with E-state index < -0.39 is 29.2 Å². The Morgan fingerprint density at radius 1 is 1.15 bits per heavy atom. The number of amides is 1. The van der Waals surface area contributed by atoms with Gasteiger partial charge in [0, 0.05) is 0 Å². The number of aromatic nitrogens is 3. The third-order valence-corrected chi connectivity index (χ3v) is 4.65. The molecule has 1 aliphatic carbocycles. The van der Waals surface area contributed by atoms with E-state index in [1.54, 1.807) is 0 Å². The Balaban J connectivity index is 1.86. The predicted molar refractivity (Wildman–Crippen MR) is 87.3 cm³/mol. The number of aliphatic carboxylic acids is 1. The molecule has 0 saturated heterocycles. The fourth-order valence-electron chi connectivity index (χ4n) is 3.23. The summed E-state index contributed by atoms with van der Waals surface area (Å²) in [7, 11) is 0. The third-order valence-electron chi connectivity index (χ3n) is 4.65. The van der Waals surface area contributed by atoms with E-state index in [1.165, 1.54) is 18.2 Å². The lowest BCUT2D eigenvalue weighted by Gasteiger charge is -2.33. The second kappa shape index (κ2) is 7.01. The van der Waals surface area contributed by atoms with Gasteiger partial charge in [-0.25, -0.2) is 9.48 Å². The normalized spacial score (nSPS) is 16.7. The summed E-state index contributed by atoms with van der Waals surface area (Å²) in [6.45, 7) is 0. The van der Waals surface area contributed by atoms with Gasteiger partial charge < -0.3 is 10.4 Å². The van der Waals surface area contributed by atoms with Crippen LogP contribution >= 0.6 is 0 Å². The van der Waals surface area contributed by atoms with Gasteiger partial charge in [0.2, 0.25) is 0 Å². The first-order valence-corrected chi connectivity index (χ1v) is 8.38. The first-order valence-electron chi connectivity index (χ1n) is 8.38. The van der Waals surface area contributed by atoms with Gasteiger partial charge in [-0.15, -0.1) is 5.10 Å². The van der Waals surface area contributed by atoms with Crippen LogP contribution in [0.1, 0.15) is 48.2 Å². The minimum atomic E-state index is -4.60. The predicted octanol–water partition coefficient (Wildman–Crippen LogP) is 2.80. The summed E-state index contributed by atoms with van der Waals surface area (Å²) in [4.78, 5) is 24.1. The SMILES string of the molecule is O=C(NC1(C(=O)O)CCCCC1)c1cn(-c2ccccc2C(F)(F)F)nn1. The highest BCUT2D eigenvalue weighted by Crippen LogP contribution is 2.33. The van der Waals surface area contributed by atoms with Crippen LogP contribution in [0.25, 0.3) is 5.69 Å². The molecule has 0 radical (unpaired) electrons. The number of rotatable bonds is 4. The fourth-order valence-corrected chi connectivity index (χ4v) is 3.23. The topological polar surface area (TPSA) is 97.1 Å². The van der Waals surface area contributed by atoms with Crippen LogP contribution in [-0.4, -0.2) is 37.5 Å². The maximum Gasteiger partial charge on any atom is 0.418 e. The first kappa shape index (κ1) is 18.9. The molecule has 7 nitrogen and oxygen atoms in total. The van der Waals surface area contributed by atoms with Crippen LogP contribution in [-0.2, 0) is 11.0 Å². The Morgan fingerprint density at radius 2 is 1.81 bits per heavy atom. The second-order valence-electron chi connectivity index (χ2n) is 6.47. The van der Waals surface area contributed by atoms with Crippen molar-refractivity contribution in [3.8, 4) is 5.69 Å². The molecule has 1 aliphatic rings. The molecule has 2 aromatic rings. The highest BCUT2D eigenvalue weighted by molar-refractivity contribution is 5.96. The van der Waals surface area contributed by atoms with Crippen molar-refractivity contribution in [3.63, 3.8) is 0 Å². The second-order valence-corrected chi connectivity index (χ2v) is 6.47. The number of para-hydroxylation sites is 1. The lowest BCUT2D eigenvalue weighted by Crippen LogP contribution is -2.55. The van der Waals surface area contributed by atoms with E-state index in [4.69, 9.17) is 0 Å². The van der Waals surface area contributed by atoms with Crippen LogP contribution < -0.4 is 5.32 Å². The summed E-state index contributed by atoms with van der Waals surface area (Å²) in [5, 5.41) is 19.2. The van der Waals surface area contributed by atoms with E-state index in [2.05, 4.69) is 15.6 Å². The zero-order chi connectivity index (χ0) is 19.7. The molecule has 1 heterocycles. The van der Waals surface area contributed by atoms with Crippen molar-refractivity contribution >= 4 is 11.9 Å². The molecule has 27 heavy (non-hydrogen) atoms. The number of nitrogens with zero attached hydrogens (tertiary/aromatic N) is 3. The Morgan fingerprint density at radius 3 is 2.44 bits per heavy atom. The lowest BCUT2D eigenvalue weighted by atomic mass is 9.81. The van der Waals surface area contributed by atoms with Crippen LogP contribution in [0.3, 0.4) is 0 Å². The summed E-state index contributed by atoms with van der Waals surface area (Å²) >= 11 is 0. The van der Waals surface area contributed by atoms with Crippen LogP contribution in [0.15, 0.2) is 30.5 Å². The molecule has 2 N–H and O–H groups in total. The van der Waals surface area contributed by atoms with Crippen molar-refractivity contribution in [1.29, 1.82) is 0 Å². The molecular weight excluding hydrogens is 365 g/mol. The van der Waals surface area contributed by atoms with Crippen molar-refractivity contribution in [1.82, 2.24) is 20.3 Å². The van der Waals surface area contributed by atoms with Gasteiger partial charge >= 0.3 is 12.1 Å². The third kappa shape index (κ3) is 3.79. The Labute approximate surface area is 152 Å². The van der Waals surface area contributed by atoms with Crippen molar-refractivity contribution in [2.75, 3.05) is 0 Å². The Kier molecular flexibility index (Phi) is 4.90. The standard InChI is InChI=1S/C17H17F3N4O3/c18-17(19,20)11-6-2-3-7-13(11)24-10-12(22-23-24)14(25)21-16(15(26)27)8-4-1-5-9-16/h2-3,6-7,10H,1,4-5,8-9H2,(H,21,25)(H,26,27). The largest absolute Gasteiger partial charge is 0.480 e. The maximum atomic E-state index is 13.1. The van der Waals surface area contributed by atoms with Crippen LogP contribution in [0.2, 0.25) is 0 Å². The fraction of sp³-hybridized carbons (Fsp3) is 0.412. The number of hydrogen-bond donors (Lipinski definition) is 2. The molecule has 1 saturated carbocycles. The van der Waals surface area contributed by atoms with Gasteiger partial charge in [0.1, 0.15) is 5.54 Å². The zero-order valence-corrected chi connectivity index (χ0v) is 14.2. The van der Waals surface area contributed by atoms with E-state index in [0.29, 0.717) is 25.7 Å². The van der Waals surface area contributed by atoms with Crippen molar-refractivity contribution in [3.05, 3.63) is 41.7 Å². The maximum absolute atomic E-state index is 13.1. The van der Waals surface area contributed by atoms with E-state index in [9.17, 15) is 27.9 Å². The van der Waals surface area contributed by atoms with E-state index in [-0.39, 0.29) is 11.4 Å². The summed E-state index contributed by atoms with van der Waals surface area (Å²) in [6, 6.07) is 4.77. The zero-order valence-electron chi connectivity index (χ0n) is 14.2. The number of hydrogen-bond acceptors (Lipinski definition) is 4. The molecule has 0 spiro atoms. The smallest absolute Gasteiger partial charge is 0.418 e. The average molecular weight is 382 g/mol. The number of carbonyl (C=O) groups is 2. The van der Waals surface area contributed by atoms with Gasteiger partial charge in [-0.2, -0.15) is 13.2 Å². The Bertz CT molecular complexity index is 857. The van der Waals surface area contributed by atoms with Crippen molar-refractivity contribution in [2.45, 2.75) is 43.8 Å². The molecule has 1 aromatic heterocycles. The highest BCUT2D eigenvalue weighted by atomic mass is 19.4. The minimum Gasteiger partial charge on any atom is -0.480 e. The van der Waals surface area contributed by atoms with Gasteiger partial charge in [0.05, 0.1) is 17.4 Å². The van der Waals surface area contributed by atoms with Crippen LogP contribution in [0.5, 0.6) is 0 Å². The van der Waals surface area contributed by atoms with Gasteiger partial charge in [-0.1, -0.05) is 36.6 Å². The number of carboxylic acid groups (broad SMARTS) is 1. The van der Waals surface area contributed by atoms with Crippen molar-refractivity contribution < 1.29 is 27.9 Å². The summed E-state index contributed by atoms with van der Waals surface area (Å²) in [5.41, 5.74) is -2.83. The number of nitrogens with one attached hydrogen (secondary N) is 1. The Hall–Kier alpha value is -2.91. The number of alkyl halides is 3. The lowest BCUT2D eigenvalue weighted by molar-refractivity contribution is -0.146. The van der Waals surface area contributed by atoms with Crippen LogP contribution in [0, 0.1) is 0 Å². The monoisotopic (exact) mass is 382 g/mol. The molecular formula is C17H17F3N4O3. The minimum absolute atomic E-state index is 0.252. The van der Waals surface area contributed by atoms with Gasteiger partial charge in [0.15, 0.2) is 5.69 Å². The number of carboxylic acids is 1. The van der Waals surface area contributed by atoms with Gasteiger partial charge in [-0.3, -0.25) is 4.79 Å². The number of carbonyl (C=O) groups excluding carboxylic acids is 1. The summed E-state index contributed by atoms with van der Waals surface area (Å²) < 4.78 is 40.3. The number of halogens is 3. The molecule has 0 atom stereocenters. The molecule has 1 aromatic carbocycles. The molecule has 10 heteroatoms. The summed E-state index contributed by atoms with van der Waals surface area (Å²) in [6.07, 6.45) is -0.747. The molecule has 1 fully saturated rings. The molecule has 3 rings (SSSR count). The molecule has 0 unspecified atom stereocenters. The van der Waals surface area contributed by atoms with Gasteiger partial charge in [0.25, 0.3) is 5.91 Å². The molecule has 144 valence electrons. The van der Waals surface area contributed by atoms with Gasteiger partial charge in [-0.05, 0) is 25.0 Å². The number of benzene rings is 1. The van der Waals surface area contributed by atoms with E-state index in [1.807, 2.05) is 0 Å². The van der Waals surface area contributed by atoms with Crippen molar-refractivity contribution in [2.24, 2.45) is 0 Å². The average Bonchev–Trinajstić information content (AvgIpc) is 3.12. The molecule has 0 aliphatic heterocycles. The first-order chi connectivity index (χ1) is 12.7. The van der Waals surface area contributed by atoms with Crippen LogP contribution in [0.4, 0.5) is 13.2 Å². The summed E-state index contributed by atoms with van der Waals surface area (Å²) in [5.74, 6) is -1.92. The molecule has 1 amide bonds. The molecule has 0 bridgehead atoms. The van der Waals surface area contributed by atoms with E-state index in [0.717, 1.165) is 23.4 Å².